The van der Waals surface area contributed by atoms with Gasteiger partial charge in [0.2, 0.25) is 0 Å². The van der Waals surface area contributed by atoms with Crippen molar-refractivity contribution in [2.75, 3.05) is 11.1 Å². The van der Waals surface area contributed by atoms with Crippen LogP contribution in [0.25, 0.3) is 0 Å². The Morgan fingerprint density at radius 1 is 1.10 bits per heavy atom. The number of amides is 1. The van der Waals surface area contributed by atoms with E-state index >= 15 is 0 Å². The first-order chi connectivity index (χ1) is 9.47. The van der Waals surface area contributed by atoms with Gasteiger partial charge in [0.1, 0.15) is 0 Å². The molecule has 0 aliphatic carbocycles. The van der Waals surface area contributed by atoms with E-state index in [0.29, 0.717) is 11.5 Å². The summed E-state index contributed by atoms with van der Waals surface area (Å²) in [5.41, 5.74) is 10.1. The minimum Gasteiger partial charge on any atom is -0.399 e. The lowest BCUT2D eigenvalue weighted by Crippen LogP contribution is -2.12. The van der Waals surface area contributed by atoms with Gasteiger partial charge in [-0.1, -0.05) is 26.0 Å². The maximum Gasteiger partial charge on any atom is 0.255 e. The highest BCUT2D eigenvalue weighted by Gasteiger charge is 2.07. The van der Waals surface area contributed by atoms with Crippen molar-refractivity contribution in [3.63, 3.8) is 0 Å². The fourth-order valence-corrected chi connectivity index (χ4v) is 1.98. The fourth-order valence-electron chi connectivity index (χ4n) is 1.98. The van der Waals surface area contributed by atoms with Crippen molar-refractivity contribution in [3.05, 3.63) is 59.2 Å². The molecule has 2 aromatic rings. The minimum absolute atomic E-state index is 0.107. The lowest BCUT2D eigenvalue weighted by atomic mass is 10.0. The third-order valence-corrected chi connectivity index (χ3v) is 3.37. The van der Waals surface area contributed by atoms with Crippen LogP contribution in [0.4, 0.5) is 11.4 Å². The zero-order valence-electron chi connectivity index (χ0n) is 12.1. The Hall–Kier alpha value is -2.29. The normalized spacial score (nSPS) is 10.6. The number of carbonyl (C=O) groups excluding carboxylic acids is 1. The maximum atomic E-state index is 12.1. The van der Waals surface area contributed by atoms with Crippen LogP contribution in [0.15, 0.2) is 42.5 Å². The summed E-state index contributed by atoms with van der Waals surface area (Å²) in [5, 5.41) is 2.88. The van der Waals surface area contributed by atoms with E-state index in [4.69, 9.17) is 5.73 Å². The highest BCUT2D eigenvalue weighted by atomic mass is 16.1. The summed E-state index contributed by atoms with van der Waals surface area (Å²) in [5.74, 6) is 0.358. The molecular formula is C17H20N2O. The molecule has 0 aliphatic rings. The van der Waals surface area contributed by atoms with E-state index in [1.54, 1.807) is 6.07 Å². The Bertz CT molecular complexity index is 615. The fraction of sp³-hybridized carbons (Fsp3) is 0.235. The van der Waals surface area contributed by atoms with E-state index in [9.17, 15) is 4.79 Å². The first-order valence-corrected chi connectivity index (χ1v) is 6.75. The number of hydrogen-bond acceptors (Lipinski definition) is 2. The van der Waals surface area contributed by atoms with Crippen molar-refractivity contribution in [3.8, 4) is 0 Å². The summed E-state index contributed by atoms with van der Waals surface area (Å²) in [6, 6.07) is 13.2. The van der Waals surface area contributed by atoms with Gasteiger partial charge in [-0.25, -0.2) is 0 Å². The van der Waals surface area contributed by atoms with Crippen LogP contribution in [-0.2, 0) is 0 Å². The Labute approximate surface area is 119 Å². The average Bonchev–Trinajstić information content (AvgIpc) is 2.43. The molecule has 20 heavy (non-hydrogen) atoms. The van der Waals surface area contributed by atoms with Gasteiger partial charge in [0.25, 0.3) is 5.91 Å². The zero-order chi connectivity index (χ0) is 14.7. The third-order valence-electron chi connectivity index (χ3n) is 3.37. The number of nitrogen functional groups attached to an aromatic ring is 1. The van der Waals surface area contributed by atoms with Crippen LogP contribution in [0.3, 0.4) is 0 Å². The van der Waals surface area contributed by atoms with E-state index in [2.05, 4.69) is 19.2 Å². The van der Waals surface area contributed by atoms with Gasteiger partial charge >= 0.3 is 0 Å². The van der Waals surface area contributed by atoms with Crippen LogP contribution in [0, 0.1) is 6.92 Å². The predicted molar refractivity (Wildman–Crippen MR) is 84.1 cm³/mol. The number of benzene rings is 2. The zero-order valence-corrected chi connectivity index (χ0v) is 12.1. The number of anilines is 2. The summed E-state index contributed by atoms with van der Waals surface area (Å²) in [4.78, 5) is 12.1. The SMILES string of the molecule is Cc1cc(NC(=O)c2ccc(C(C)C)cc2)ccc1N. The largest absolute Gasteiger partial charge is 0.399 e. The van der Waals surface area contributed by atoms with E-state index in [1.165, 1.54) is 5.56 Å². The van der Waals surface area contributed by atoms with Crippen molar-refractivity contribution in [2.24, 2.45) is 0 Å². The molecule has 1 amide bonds. The van der Waals surface area contributed by atoms with Crippen molar-refractivity contribution in [1.29, 1.82) is 0 Å². The van der Waals surface area contributed by atoms with Gasteiger partial charge < -0.3 is 11.1 Å². The monoisotopic (exact) mass is 268 g/mol. The number of aryl methyl sites for hydroxylation is 1. The molecule has 2 aromatic carbocycles. The lowest BCUT2D eigenvalue weighted by molar-refractivity contribution is 0.102. The summed E-state index contributed by atoms with van der Waals surface area (Å²) >= 11 is 0. The molecular weight excluding hydrogens is 248 g/mol. The van der Waals surface area contributed by atoms with Crippen LogP contribution in [0.2, 0.25) is 0 Å². The lowest BCUT2D eigenvalue weighted by Gasteiger charge is -2.09. The first kappa shape index (κ1) is 14.1. The van der Waals surface area contributed by atoms with Crippen molar-refractivity contribution >= 4 is 17.3 Å². The molecule has 3 nitrogen and oxygen atoms in total. The van der Waals surface area contributed by atoms with Crippen LogP contribution < -0.4 is 11.1 Å². The summed E-state index contributed by atoms with van der Waals surface area (Å²) in [7, 11) is 0. The van der Waals surface area contributed by atoms with E-state index in [0.717, 1.165) is 16.9 Å². The Balaban J connectivity index is 2.13. The predicted octanol–water partition coefficient (Wildman–Crippen LogP) is 3.95. The number of hydrogen-bond donors (Lipinski definition) is 2. The van der Waals surface area contributed by atoms with E-state index in [1.807, 2.05) is 43.3 Å². The Kier molecular flexibility index (Phi) is 4.08. The molecule has 0 atom stereocenters. The highest BCUT2D eigenvalue weighted by molar-refractivity contribution is 6.04. The second-order valence-electron chi connectivity index (χ2n) is 5.30. The van der Waals surface area contributed by atoms with Gasteiger partial charge in [-0.05, 0) is 54.3 Å². The number of nitrogens with two attached hydrogens (primary N) is 1. The molecule has 0 aromatic heterocycles. The number of nitrogens with one attached hydrogen (secondary N) is 1. The van der Waals surface area contributed by atoms with Crippen LogP contribution in [0.5, 0.6) is 0 Å². The molecule has 0 unspecified atom stereocenters. The molecule has 2 rings (SSSR count). The molecule has 0 aliphatic heterocycles. The topological polar surface area (TPSA) is 55.1 Å². The molecule has 0 radical (unpaired) electrons. The molecule has 0 saturated carbocycles. The van der Waals surface area contributed by atoms with Gasteiger partial charge in [-0.15, -0.1) is 0 Å². The average molecular weight is 268 g/mol. The van der Waals surface area contributed by atoms with Gasteiger partial charge in [0.15, 0.2) is 0 Å². The van der Waals surface area contributed by atoms with E-state index in [-0.39, 0.29) is 5.91 Å². The van der Waals surface area contributed by atoms with Gasteiger partial charge in [-0.2, -0.15) is 0 Å². The number of rotatable bonds is 3. The Morgan fingerprint density at radius 2 is 1.75 bits per heavy atom. The highest BCUT2D eigenvalue weighted by Crippen LogP contribution is 2.18. The van der Waals surface area contributed by atoms with Crippen molar-refractivity contribution < 1.29 is 4.79 Å². The standard InChI is InChI=1S/C17H20N2O/c1-11(2)13-4-6-14(7-5-13)17(20)19-15-8-9-16(18)12(3)10-15/h4-11H,18H2,1-3H3,(H,19,20). The molecule has 0 heterocycles. The molecule has 104 valence electrons. The van der Waals surface area contributed by atoms with Gasteiger partial charge in [-0.3, -0.25) is 4.79 Å². The molecule has 0 spiro atoms. The third kappa shape index (κ3) is 3.18. The molecule has 0 fully saturated rings. The molecule has 3 heteroatoms. The summed E-state index contributed by atoms with van der Waals surface area (Å²) in [6.45, 7) is 6.18. The van der Waals surface area contributed by atoms with Crippen molar-refractivity contribution in [2.45, 2.75) is 26.7 Å². The quantitative estimate of drug-likeness (QED) is 0.828. The van der Waals surface area contributed by atoms with E-state index < -0.39 is 0 Å². The Morgan fingerprint density at radius 3 is 2.30 bits per heavy atom. The minimum atomic E-state index is -0.107. The van der Waals surface area contributed by atoms with Crippen LogP contribution in [0.1, 0.15) is 41.3 Å². The van der Waals surface area contributed by atoms with Crippen LogP contribution in [-0.4, -0.2) is 5.91 Å². The van der Waals surface area contributed by atoms with Crippen LogP contribution >= 0.6 is 0 Å². The smallest absolute Gasteiger partial charge is 0.255 e. The molecule has 3 N–H and O–H groups in total. The van der Waals surface area contributed by atoms with Gasteiger partial charge in [0.05, 0.1) is 0 Å². The molecule has 0 bridgehead atoms. The second-order valence-corrected chi connectivity index (χ2v) is 5.30. The second kappa shape index (κ2) is 5.78. The summed E-state index contributed by atoms with van der Waals surface area (Å²) in [6.07, 6.45) is 0. The maximum absolute atomic E-state index is 12.1. The summed E-state index contributed by atoms with van der Waals surface area (Å²) < 4.78 is 0. The van der Waals surface area contributed by atoms with Gasteiger partial charge in [0, 0.05) is 16.9 Å². The molecule has 0 saturated heterocycles. The van der Waals surface area contributed by atoms with Crippen molar-refractivity contribution in [1.82, 2.24) is 0 Å². The number of carbonyl (C=O) groups is 1. The first-order valence-electron chi connectivity index (χ1n) is 6.75.